The summed E-state index contributed by atoms with van der Waals surface area (Å²) < 4.78 is 6.02. The smallest absolute Gasteiger partial charge is 0.343 e. The van der Waals surface area contributed by atoms with Crippen LogP contribution in [0.2, 0.25) is 0 Å². The van der Waals surface area contributed by atoms with Crippen LogP contribution in [0.3, 0.4) is 0 Å². The maximum atomic E-state index is 13.0. The lowest BCUT2D eigenvalue weighted by molar-refractivity contribution is 0.0726. The van der Waals surface area contributed by atoms with Gasteiger partial charge in [-0.25, -0.2) is 4.79 Å². The standard InChI is InChI=1S/C29H35NO3/c1-20(2)26(18-30)29(21(3)4,24-13-9-6-10-14-24)25-17-22(19-31)15-16-27(25)33-28(32)23-11-7-5-8-12-23/h5-17,20-21,26,31H,18-19,30H2,1-4H3. The van der Waals surface area contributed by atoms with Crippen molar-refractivity contribution < 1.29 is 14.6 Å². The van der Waals surface area contributed by atoms with Gasteiger partial charge in [0.15, 0.2) is 0 Å². The maximum absolute atomic E-state index is 13.0. The number of esters is 1. The summed E-state index contributed by atoms with van der Waals surface area (Å²) >= 11 is 0. The first kappa shape index (κ1) is 24.7. The van der Waals surface area contributed by atoms with E-state index in [1.807, 2.05) is 42.5 Å². The number of hydrogen-bond acceptors (Lipinski definition) is 4. The Bertz CT molecular complexity index is 1050. The van der Waals surface area contributed by atoms with E-state index in [2.05, 4.69) is 39.8 Å². The average Bonchev–Trinajstić information content (AvgIpc) is 2.83. The van der Waals surface area contributed by atoms with E-state index < -0.39 is 11.4 Å². The molecule has 4 nitrogen and oxygen atoms in total. The zero-order valence-corrected chi connectivity index (χ0v) is 20.0. The molecule has 2 unspecified atom stereocenters. The van der Waals surface area contributed by atoms with Crippen LogP contribution in [0.4, 0.5) is 0 Å². The van der Waals surface area contributed by atoms with E-state index in [9.17, 15) is 9.90 Å². The van der Waals surface area contributed by atoms with Crippen molar-refractivity contribution >= 4 is 5.97 Å². The van der Waals surface area contributed by atoms with Crippen molar-refractivity contribution in [2.45, 2.75) is 39.7 Å². The molecule has 4 heteroatoms. The van der Waals surface area contributed by atoms with Crippen LogP contribution in [-0.4, -0.2) is 17.6 Å². The predicted octanol–water partition coefficient (Wildman–Crippen LogP) is 5.57. The lowest BCUT2D eigenvalue weighted by atomic mass is 9.56. The number of nitrogens with two attached hydrogens (primary N) is 1. The van der Waals surface area contributed by atoms with Gasteiger partial charge in [0.25, 0.3) is 0 Å². The molecule has 2 atom stereocenters. The minimum Gasteiger partial charge on any atom is -0.423 e. The number of aliphatic hydroxyl groups excluding tert-OH is 1. The minimum atomic E-state index is -0.526. The summed E-state index contributed by atoms with van der Waals surface area (Å²) in [5.74, 6) is 0.570. The van der Waals surface area contributed by atoms with Crippen molar-refractivity contribution in [1.29, 1.82) is 0 Å². The largest absolute Gasteiger partial charge is 0.423 e. The van der Waals surface area contributed by atoms with Gasteiger partial charge < -0.3 is 15.6 Å². The number of benzene rings is 3. The van der Waals surface area contributed by atoms with E-state index in [1.54, 1.807) is 24.3 Å². The van der Waals surface area contributed by atoms with Crippen LogP contribution in [0.1, 0.15) is 54.7 Å². The van der Waals surface area contributed by atoms with Gasteiger partial charge in [-0.15, -0.1) is 0 Å². The molecule has 3 rings (SSSR count). The van der Waals surface area contributed by atoms with Gasteiger partial charge in [-0.05, 0) is 59.7 Å². The molecule has 0 fully saturated rings. The van der Waals surface area contributed by atoms with E-state index in [4.69, 9.17) is 10.5 Å². The Balaban J connectivity index is 2.30. The third-order valence-corrected chi connectivity index (χ3v) is 6.69. The number of aliphatic hydroxyl groups is 1. The molecule has 0 aliphatic carbocycles. The fourth-order valence-corrected chi connectivity index (χ4v) is 5.16. The van der Waals surface area contributed by atoms with Crippen LogP contribution >= 0.6 is 0 Å². The van der Waals surface area contributed by atoms with Crippen molar-refractivity contribution in [2.24, 2.45) is 23.5 Å². The van der Waals surface area contributed by atoms with E-state index in [-0.39, 0.29) is 24.4 Å². The van der Waals surface area contributed by atoms with Gasteiger partial charge in [-0.3, -0.25) is 0 Å². The lowest BCUT2D eigenvalue weighted by Crippen LogP contribution is -2.47. The molecule has 0 saturated carbocycles. The quantitative estimate of drug-likeness (QED) is 0.334. The number of carbonyl (C=O) groups excluding carboxylic acids is 1. The molecule has 0 aliphatic heterocycles. The fraction of sp³-hybridized carbons (Fsp3) is 0.345. The Morgan fingerprint density at radius 2 is 1.55 bits per heavy atom. The molecule has 0 aliphatic rings. The summed E-state index contributed by atoms with van der Waals surface area (Å²) in [6.07, 6.45) is 0. The van der Waals surface area contributed by atoms with Crippen molar-refractivity contribution in [3.8, 4) is 5.75 Å². The van der Waals surface area contributed by atoms with Gasteiger partial charge in [0.2, 0.25) is 0 Å². The normalized spacial score (nSPS) is 14.2. The summed E-state index contributed by atoms with van der Waals surface area (Å²) in [4.78, 5) is 13.0. The maximum Gasteiger partial charge on any atom is 0.343 e. The Morgan fingerprint density at radius 3 is 2.06 bits per heavy atom. The third kappa shape index (κ3) is 4.87. The molecule has 3 aromatic rings. The Morgan fingerprint density at radius 1 is 0.939 bits per heavy atom. The zero-order chi connectivity index (χ0) is 24.0. The first-order chi connectivity index (χ1) is 15.9. The number of ether oxygens (including phenoxy) is 1. The highest BCUT2D eigenvalue weighted by Crippen LogP contribution is 2.51. The van der Waals surface area contributed by atoms with E-state index in [1.165, 1.54) is 0 Å². The molecule has 3 aromatic carbocycles. The highest BCUT2D eigenvalue weighted by molar-refractivity contribution is 5.91. The molecular formula is C29H35NO3. The molecule has 0 radical (unpaired) electrons. The fourth-order valence-electron chi connectivity index (χ4n) is 5.16. The minimum absolute atomic E-state index is 0.0722. The summed E-state index contributed by atoms with van der Waals surface area (Å²) in [5.41, 5.74) is 9.16. The molecule has 0 heterocycles. The average molecular weight is 446 g/mol. The summed E-state index contributed by atoms with van der Waals surface area (Å²) in [7, 11) is 0. The third-order valence-electron chi connectivity index (χ3n) is 6.69. The molecule has 0 spiro atoms. The van der Waals surface area contributed by atoms with Gasteiger partial charge in [0.1, 0.15) is 5.75 Å². The number of rotatable bonds is 9. The molecule has 0 saturated heterocycles. The highest BCUT2D eigenvalue weighted by Gasteiger charge is 2.47. The summed E-state index contributed by atoms with van der Waals surface area (Å²) in [5, 5.41) is 9.96. The Hall–Kier alpha value is -2.95. The molecule has 0 bridgehead atoms. The van der Waals surface area contributed by atoms with Crippen LogP contribution in [0.25, 0.3) is 0 Å². The van der Waals surface area contributed by atoms with Gasteiger partial charge in [0, 0.05) is 11.0 Å². The number of carbonyl (C=O) groups is 1. The second-order valence-electron chi connectivity index (χ2n) is 9.22. The second-order valence-corrected chi connectivity index (χ2v) is 9.22. The van der Waals surface area contributed by atoms with Crippen LogP contribution in [0.15, 0.2) is 78.9 Å². The van der Waals surface area contributed by atoms with E-state index in [0.29, 0.717) is 17.9 Å². The summed E-state index contributed by atoms with van der Waals surface area (Å²) in [6, 6.07) is 24.9. The monoisotopic (exact) mass is 445 g/mol. The predicted molar refractivity (Wildman–Crippen MR) is 133 cm³/mol. The van der Waals surface area contributed by atoms with Crippen molar-refractivity contribution in [3.63, 3.8) is 0 Å². The molecule has 0 aromatic heterocycles. The number of hydrogen-bond donors (Lipinski definition) is 2. The van der Waals surface area contributed by atoms with Gasteiger partial charge >= 0.3 is 5.97 Å². The lowest BCUT2D eigenvalue weighted by Gasteiger charge is -2.47. The van der Waals surface area contributed by atoms with Crippen LogP contribution in [0, 0.1) is 17.8 Å². The van der Waals surface area contributed by atoms with Crippen LogP contribution in [-0.2, 0) is 12.0 Å². The Kier molecular flexibility index (Phi) is 8.06. The first-order valence-corrected chi connectivity index (χ1v) is 11.6. The molecule has 33 heavy (non-hydrogen) atoms. The van der Waals surface area contributed by atoms with E-state index >= 15 is 0 Å². The molecule has 174 valence electrons. The van der Waals surface area contributed by atoms with Crippen molar-refractivity contribution in [3.05, 3.63) is 101 Å². The molecular weight excluding hydrogens is 410 g/mol. The van der Waals surface area contributed by atoms with Gasteiger partial charge in [-0.1, -0.05) is 82.3 Å². The van der Waals surface area contributed by atoms with Gasteiger partial charge in [-0.2, -0.15) is 0 Å². The second kappa shape index (κ2) is 10.8. The first-order valence-electron chi connectivity index (χ1n) is 11.6. The highest BCUT2D eigenvalue weighted by atomic mass is 16.5. The Labute approximate surface area is 197 Å². The molecule has 0 amide bonds. The summed E-state index contributed by atoms with van der Waals surface area (Å²) in [6.45, 7) is 9.11. The zero-order valence-electron chi connectivity index (χ0n) is 20.0. The van der Waals surface area contributed by atoms with Gasteiger partial charge in [0.05, 0.1) is 12.2 Å². The topological polar surface area (TPSA) is 72.6 Å². The van der Waals surface area contributed by atoms with Crippen molar-refractivity contribution in [2.75, 3.05) is 6.54 Å². The van der Waals surface area contributed by atoms with E-state index in [0.717, 1.165) is 16.7 Å². The van der Waals surface area contributed by atoms with Crippen LogP contribution in [0.5, 0.6) is 5.75 Å². The SMILES string of the molecule is CC(C)C(CN)C(c1ccccc1)(c1cc(CO)ccc1OC(=O)c1ccccc1)C(C)C. The molecule has 3 N–H and O–H groups in total. The van der Waals surface area contributed by atoms with Crippen molar-refractivity contribution in [1.82, 2.24) is 0 Å². The van der Waals surface area contributed by atoms with Crippen LogP contribution < -0.4 is 10.5 Å².